The highest BCUT2D eigenvalue weighted by Crippen LogP contribution is 2.15. The molecule has 0 atom stereocenters. The fourth-order valence-corrected chi connectivity index (χ4v) is 2.55. The van der Waals surface area contributed by atoms with Gasteiger partial charge in [0, 0.05) is 13.2 Å². The van der Waals surface area contributed by atoms with E-state index in [0.29, 0.717) is 0 Å². The van der Waals surface area contributed by atoms with Crippen LogP contribution in [0.15, 0.2) is 30.3 Å². The van der Waals surface area contributed by atoms with E-state index in [0.717, 1.165) is 32.0 Å². The smallest absolute Gasteiger partial charge is 0.0469 e. The summed E-state index contributed by atoms with van der Waals surface area (Å²) in [6, 6.07) is 10.7. The molecule has 3 heteroatoms. The van der Waals surface area contributed by atoms with Gasteiger partial charge in [-0.25, -0.2) is 0 Å². The van der Waals surface area contributed by atoms with Crippen LogP contribution in [0.1, 0.15) is 31.2 Å². The first-order valence-electron chi connectivity index (χ1n) is 7.27. The van der Waals surface area contributed by atoms with Gasteiger partial charge in [0.25, 0.3) is 0 Å². The molecule has 2 rings (SSSR count). The van der Waals surface area contributed by atoms with Crippen molar-refractivity contribution in [3.8, 4) is 0 Å². The van der Waals surface area contributed by atoms with Crippen molar-refractivity contribution in [1.82, 2.24) is 5.32 Å². The Morgan fingerprint density at radius 2 is 1.79 bits per heavy atom. The first-order chi connectivity index (χ1) is 8.95. The normalized spacial score (nSPS) is 16.0. The molecule has 1 saturated heterocycles. The molecule has 0 bridgehead atoms. The molecule has 1 aromatic rings. The highest BCUT2D eigenvalue weighted by molar-refractivity contribution is 5.85. The van der Waals surface area contributed by atoms with Crippen LogP contribution in [0, 0.1) is 5.92 Å². The molecule has 0 saturated carbocycles. The quantitative estimate of drug-likeness (QED) is 0.774. The summed E-state index contributed by atoms with van der Waals surface area (Å²) in [5.74, 6) is 0.889. The van der Waals surface area contributed by atoms with Crippen molar-refractivity contribution in [1.29, 1.82) is 0 Å². The summed E-state index contributed by atoms with van der Waals surface area (Å²) in [5, 5.41) is 3.40. The number of nitrogens with one attached hydrogen (secondary N) is 1. The van der Waals surface area contributed by atoms with Crippen molar-refractivity contribution in [3.63, 3.8) is 0 Å². The fraction of sp³-hybridized carbons (Fsp3) is 0.625. The van der Waals surface area contributed by atoms with Crippen LogP contribution in [0.5, 0.6) is 0 Å². The summed E-state index contributed by atoms with van der Waals surface area (Å²) < 4.78 is 5.74. The Hall–Kier alpha value is -0.570. The average Bonchev–Trinajstić information content (AvgIpc) is 2.45. The molecular formula is C16H26ClNO. The zero-order chi connectivity index (χ0) is 12.5. The maximum absolute atomic E-state index is 5.74. The highest BCUT2D eigenvalue weighted by atomic mass is 35.5. The molecule has 1 aromatic carbocycles. The van der Waals surface area contributed by atoms with E-state index >= 15 is 0 Å². The molecule has 1 aliphatic heterocycles. The molecule has 108 valence electrons. The van der Waals surface area contributed by atoms with Crippen LogP contribution in [0.4, 0.5) is 0 Å². The van der Waals surface area contributed by atoms with Gasteiger partial charge in [0.15, 0.2) is 0 Å². The van der Waals surface area contributed by atoms with Gasteiger partial charge in [0.1, 0.15) is 0 Å². The molecule has 2 nitrogen and oxygen atoms in total. The summed E-state index contributed by atoms with van der Waals surface area (Å²) in [4.78, 5) is 0. The molecule has 1 N–H and O–H groups in total. The van der Waals surface area contributed by atoms with Gasteiger partial charge in [0.2, 0.25) is 0 Å². The van der Waals surface area contributed by atoms with E-state index in [1.54, 1.807) is 0 Å². The van der Waals surface area contributed by atoms with Crippen molar-refractivity contribution in [2.45, 2.75) is 32.1 Å². The molecule has 0 spiro atoms. The lowest BCUT2D eigenvalue weighted by molar-refractivity contribution is 0.113. The third-order valence-electron chi connectivity index (χ3n) is 3.73. The lowest BCUT2D eigenvalue weighted by Crippen LogP contribution is -2.28. The predicted molar refractivity (Wildman–Crippen MR) is 83.0 cm³/mol. The second kappa shape index (κ2) is 10.2. The molecule has 0 amide bonds. The van der Waals surface area contributed by atoms with Crippen LogP contribution in [0.25, 0.3) is 0 Å². The summed E-state index contributed by atoms with van der Waals surface area (Å²) in [6.45, 7) is 4.23. The SMILES string of the molecule is Cl.c1ccc(CCCOCCC2CCNCC2)cc1. The van der Waals surface area contributed by atoms with Crippen molar-refractivity contribution in [2.75, 3.05) is 26.3 Å². The van der Waals surface area contributed by atoms with E-state index in [9.17, 15) is 0 Å². The summed E-state index contributed by atoms with van der Waals surface area (Å²) >= 11 is 0. The number of hydrogen-bond donors (Lipinski definition) is 1. The topological polar surface area (TPSA) is 21.3 Å². The molecule has 0 radical (unpaired) electrons. The Morgan fingerprint density at radius 3 is 2.53 bits per heavy atom. The Kier molecular flexibility index (Phi) is 8.89. The van der Waals surface area contributed by atoms with E-state index in [1.165, 1.54) is 37.9 Å². The number of hydrogen-bond acceptors (Lipinski definition) is 2. The van der Waals surface area contributed by atoms with E-state index in [-0.39, 0.29) is 12.4 Å². The van der Waals surface area contributed by atoms with E-state index in [1.807, 2.05) is 0 Å². The number of piperidine rings is 1. The van der Waals surface area contributed by atoms with Gasteiger partial charge in [-0.1, -0.05) is 30.3 Å². The summed E-state index contributed by atoms with van der Waals surface area (Å²) in [5.41, 5.74) is 1.42. The van der Waals surface area contributed by atoms with Crippen molar-refractivity contribution in [2.24, 2.45) is 5.92 Å². The van der Waals surface area contributed by atoms with Crippen molar-refractivity contribution >= 4 is 12.4 Å². The van der Waals surface area contributed by atoms with Crippen LogP contribution >= 0.6 is 12.4 Å². The molecule has 1 fully saturated rings. The maximum Gasteiger partial charge on any atom is 0.0469 e. The Labute approximate surface area is 123 Å². The third kappa shape index (κ3) is 6.95. The Balaban J connectivity index is 0.00000180. The Morgan fingerprint density at radius 1 is 1.05 bits per heavy atom. The first kappa shape index (κ1) is 16.5. The zero-order valence-electron chi connectivity index (χ0n) is 11.6. The minimum absolute atomic E-state index is 0. The summed E-state index contributed by atoms with van der Waals surface area (Å²) in [7, 11) is 0. The second-order valence-electron chi connectivity index (χ2n) is 5.18. The molecule has 19 heavy (non-hydrogen) atoms. The largest absolute Gasteiger partial charge is 0.381 e. The molecule has 0 aromatic heterocycles. The summed E-state index contributed by atoms with van der Waals surface area (Å²) in [6.07, 6.45) is 6.16. The number of halogens is 1. The standard InChI is InChI=1S/C16H25NO.ClH/c1-2-5-15(6-3-1)7-4-13-18-14-10-16-8-11-17-12-9-16;/h1-3,5-6,16-17H,4,7-14H2;1H. The van der Waals surface area contributed by atoms with Gasteiger partial charge in [0.05, 0.1) is 0 Å². The minimum atomic E-state index is 0. The van der Waals surface area contributed by atoms with Gasteiger partial charge >= 0.3 is 0 Å². The van der Waals surface area contributed by atoms with Crippen LogP contribution in [0.2, 0.25) is 0 Å². The van der Waals surface area contributed by atoms with Crippen LogP contribution in [-0.4, -0.2) is 26.3 Å². The maximum atomic E-state index is 5.74. The number of aryl methyl sites for hydroxylation is 1. The monoisotopic (exact) mass is 283 g/mol. The lowest BCUT2D eigenvalue weighted by atomic mass is 9.95. The van der Waals surface area contributed by atoms with E-state index in [2.05, 4.69) is 35.6 Å². The third-order valence-corrected chi connectivity index (χ3v) is 3.73. The average molecular weight is 284 g/mol. The lowest BCUT2D eigenvalue weighted by Gasteiger charge is -2.22. The molecule has 0 unspecified atom stereocenters. The van der Waals surface area contributed by atoms with Crippen LogP contribution in [-0.2, 0) is 11.2 Å². The van der Waals surface area contributed by atoms with E-state index in [4.69, 9.17) is 4.74 Å². The van der Waals surface area contributed by atoms with Crippen molar-refractivity contribution < 1.29 is 4.74 Å². The minimum Gasteiger partial charge on any atom is -0.381 e. The first-order valence-corrected chi connectivity index (χ1v) is 7.27. The fourth-order valence-electron chi connectivity index (χ4n) is 2.55. The Bertz CT molecular complexity index is 312. The van der Waals surface area contributed by atoms with Crippen LogP contribution < -0.4 is 5.32 Å². The number of benzene rings is 1. The van der Waals surface area contributed by atoms with Gasteiger partial charge in [-0.3, -0.25) is 0 Å². The molecule has 1 aliphatic rings. The van der Waals surface area contributed by atoms with Gasteiger partial charge in [-0.05, 0) is 56.7 Å². The molecule has 0 aliphatic carbocycles. The zero-order valence-corrected chi connectivity index (χ0v) is 12.5. The highest BCUT2D eigenvalue weighted by Gasteiger charge is 2.11. The van der Waals surface area contributed by atoms with Gasteiger partial charge < -0.3 is 10.1 Å². The van der Waals surface area contributed by atoms with Gasteiger partial charge in [-0.2, -0.15) is 0 Å². The number of rotatable bonds is 7. The number of ether oxygens (including phenoxy) is 1. The second-order valence-corrected chi connectivity index (χ2v) is 5.18. The molecular weight excluding hydrogens is 258 g/mol. The predicted octanol–water partition coefficient (Wildman–Crippen LogP) is 3.45. The van der Waals surface area contributed by atoms with Crippen molar-refractivity contribution in [3.05, 3.63) is 35.9 Å². The van der Waals surface area contributed by atoms with Crippen LogP contribution in [0.3, 0.4) is 0 Å². The van der Waals surface area contributed by atoms with Gasteiger partial charge in [-0.15, -0.1) is 12.4 Å². The molecule has 1 heterocycles. The van der Waals surface area contributed by atoms with E-state index < -0.39 is 0 Å².